The van der Waals surface area contributed by atoms with Crippen molar-refractivity contribution < 1.29 is 19.1 Å². The highest BCUT2D eigenvalue weighted by molar-refractivity contribution is 6.42. The number of ether oxygens (including phenoxy) is 2. The van der Waals surface area contributed by atoms with Crippen molar-refractivity contribution in [1.82, 2.24) is 0 Å². The van der Waals surface area contributed by atoms with Crippen LogP contribution in [0.1, 0.15) is 15.9 Å². The Morgan fingerprint density at radius 3 is 2.37 bits per heavy atom. The first-order chi connectivity index (χ1) is 13.0. The molecule has 0 saturated carbocycles. The van der Waals surface area contributed by atoms with E-state index in [0.29, 0.717) is 21.2 Å². The van der Waals surface area contributed by atoms with Crippen molar-refractivity contribution >= 4 is 45.7 Å². The molecule has 0 spiro atoms. The number of carbonyl (C=O) groups excluding carboxylic acids is 2. The number of fused-ring (bicyclic) bond motifs is 1. The highest BCUT2D eigenvalue weighted by Crippen LogP contribution is 2.23. The molecule has 3 rings (SSSR count). The number of Topliss-reactive ketones (excluding diaryl/α,β-unsaturated/α-hetero) is 1. The number of hydrogen-bond donors (Lipinski definition) is 0. The maximum atomic E-state index is 12.3. The number of hydrogen-bond acceptors (Lipinski definition) is 4. The van der Waals surface area contributed by atoms with E-state index in [9.17, 15) is 9.59 Å². The molecule has 0 aliphatic heterocycles. The number of ketones is 1. The van der Waals surface area contributed by atoms with Crippen LogP contribution in [0, 0.1) is 0 Å². The molecule has 0 heterocycles. The first-order valence-corrected chi connectivity index (χ1v) is 8.92. The predicted octanol–water partition coefficient (Wildman–Crippen LogP) is 5.12. The molecule has 0 aliphatic carbocycles. The van der Waals surface area contributed by atoms with Gasteiger partial charge in [0.2, 0.25) is 0 Å². The normalized spacial score (nSPS) is 10.6. The lowest BCUT2D eigenvalue weighted by molar-refractivity contribution is -0.141. The standard InChI is InChI=1S/C21H16Cl2O4/c1-26-17-6-5-14-10-16(4-3-15(14)11-17)20(24)12-27-21(25)9-13-2-7-18(22)19(23)8-13/h2-8,10-11H,9,12H2,1H3. The summed E-state index contributed by atoms with van der Waals surface area (Å²) in [4.78, 5) is 24.3. The third kappa shape index (κ3) is 4.79. The van der Waals surface area contributed by atoms with Gasteiger partial charge in [-0.15, -0.1) is 0 Å². The summed E-state index contributed by atoms with van der Waals surface area (Å²) in [5.74, 6) is -0.0275. The fraction of sp³-hybridized carbons (Fsp3) is 0.143. The van der Waals surface area contributed by atoms with Crippen LogP contribution in [0.3, 0.4) is 0 Å². The average Bonchev–Trinajstić information content (AvgIpc) is 2.68. The fourth-order valence-corrected chi connectivity index (χ4v) is 2.94. The van der Waals surface area contributed by atoms with Gasteiger partial charge in [-0.25, -0.2) is 0 Å². The first-order valence-electron chi connectivity index (χ1n) is 8.17. The van der Waals surface area contributed by atoms with E-state index in [1.54, 1.807) is 37.4 Å². The molecule has 0 bridgehead atoms. The summed E-state index contributed by atoms with van der Waals surface area (Å²) in [6, 6.07) is 15.8. The summed E-state index contributed by atoms with van der Waals surface area (Å²) in [5.41, 5.74) is 1.15. The molecule has 0 atom stereocenters. The van der Waals surface area contributed by atoms with Crippen LogP contribution in [0.5, 0.6) is 5.75 Å². The second kappa shape index (κ2) is 8.42. The highest BCUT2D eigenvalue weighted by atomic mass is 35.5. The maximum Gasteiger partial charge on any atom is 0.310 e. The van der Waals surface area contributed by atoms with Crippen molar-refractivity contribution in [1.29, 1.82) is 0 Å². The minimum atomic E-state index is -0.507. The zero-order valence-corrected chi connectivity index (χ0v) is 16.0. The monoisotopic (exact) mass is 402 g/mol. The molecule has 0 aliphatic rings. The van der Waals surface area contributed by atoms with E-state index in [0.717, 1.165) is 16.5 Å². The molecule has 0 amide bonds. The minimum Gasteiger partial charge on any atom is -0.497 e. The van der Waals surface area contributed by atoms with Gasteiger partial charge in [0.15, 0.2) is 12.4 Å². The number of esters is 1. The molecule has 0 aromatic heterocycles. The Labute approximate surface area is 166 Å². The molecule has 6 heteroatoms. The summed E-state index contributed by atoms with van der Waals surface area (Å²) < 4.78 is 10.3. The summed E-state index contributed by atoms with van der Waals surface area (Å²) in [6.07, 6.45) is 0.0156. The molecule has 0 saturated heterocycles. The Hall–Kier alpha value is -2.56. The zero-order valence-electron chi connectivity index (χ0n) is 14.5. The largest absolute Gasteiger partial charge is 0.497 e. The van der Waals surface area contributed by atoms with Crippen LogP contribution in [-0.2, 0) is 16.0 Å². The smallest absolute Gasteiger partial charge is 0.310 e. The van der Waals surface area contributed by atoms with E-state index in [2.05, 4.69) is 0 Å². The molecule has 27 heavy (non-hydrogen) atoms. The van der Waals surface area contributed by atoms with Crippen LogP contribution in [0.4, 0.5) is 0 Å². The quantitative estimate of drug-likeness (QED) is 0.423. The van der Waals surface area contributed by atoms with Crippen molar-refractivity contribution in [2.75, 3.05) is 13.7 Å². The van der Waals surface area contributed by atoms with E-state index < -0.39 is 5.97 Å². The van der Waals surface area contributed by atoms with Gasteiger partial charge in [0, 0.05) is 5.56 Å². The van der Waals surface area contributed by atoms with Crippen LogP contribution < -0.4 is 4.74 Å². The summed E-state index contributed by atoms with van der Waals surface area (Å²) >= 11 is 11.8. The lowest BCUT2D eigenvalue weighted by Gasteiger charge is -2.07. The predicted molar refractivity (Wildman–Crippen MR) is 106 cm³/mol. The molecule has 138 valence electrons. The summed E-state index contributed by atoms with van der Waals surface area (Å²) in [5, 5.41) is 2.65. The third-order valence-electron chi connectivity index (χ3n) is 4.07. The molecule has 3 aromatic rings. The van der Waals surface area contributed by atoms with E-state index in [1.807, 2.05) is 24.3 Å². The van der Waals surface area contributed by atoms with Crippen molar-refractivity contribution in [3.63, 3.8) is 0 Å². The van der Waals surface area contributed by atoms with Gasteiger partial charge in [0.25, 0.3) is 0 Å². The SMILES string of the molecule is COc1ccc2cc(C(=O)COC(=O)Cc3ccc(Cl)c(Cl)c3)ccc2c1. The van der Waals surface area contributed by atoms with Crippen LogP contribution in [-0.4, -0.2) is 25.5 Å². The minimum absolute atomic E-state index is 0.0156. The average molecular weight is 403 g/mol. The fourth-order valence-electron chi connectivity index (χ4n) is 2.62. The molecule has 0 unspecified atom stereocenters. The second-order valence-corrected chi connectivity index (χ2v) is 6.75. The second-order valence-electron chi connectivity index (χ2n) is 5.94. The number of benzene rings is 3. The first kappa shape index (κ1) is 19.2. The molecular formula is C21H16Cl2O4. The van der Waals surface area contributed by atoms with Crippen molar-refractivity contribution in [3.05, 3.63) is 75.8 Å². The van der Waals surface area contributed by atoms with Crippen molar-refractivity contribution in [2.45, 2.75) is 6.42 Å². The topological polar surface area (TPSA) is 52.6 Å². The Morgan fingerprint density at radius 2 is 1.63 bits per heavy atom. The van der Waals surface area contributed by atoms with E-state index in [1.165, 1.54) is 0 Å². The Morgan fingerprint density at radius 1 is 0.889 bits per heavy atom. The van der Waals surface area contributed by atoms with Crippen LogP contribution in [0.25, 0.3) is 10.8 Å². The Kier molecular flexibility index (Phi) is 5.99. The molecule has 0 N–H and O–H groups in total. The molecule has 0 fully saturated rings. The Balaban J connectivity index is 1.62. The molecule has 3 aromatic carbocycles. The number of rotatable bonds is 6. The highest BCUT2D eigenvalue weighted by Gasteiger charge is 2.12. The third-order valence-corrected chi connectivity index (χ3v) is 4.81. The summed E-state index contributed by atoms with van der Waals surface area (Å²) in [7, 11) is 1.60. The molecular weight excluding hydrogens is 387 g/mol. The zero-order chi connectivity index (χ0) is 19.4. The van der Waals surface area contributed by atoms with E-state index in [4.69, 9.17) is 32.7 Å². The van der Waals surface area contributed by atoms with Gasteiger partial charge in [0.05, 0.1) is 23.6 Å². The van der Waals surface area contributed by atoms with Gasteiger partial charge in [0.1, 0.15) is 5.75 Å². The van der Waals surface area contributed by atoms with Gasteiger partial charge in [-0.05, 0) is 46.7 Å². The van der Waals surface area contributed by atoms with E-state index >= 15 is 0 Å². The van der Waals surface area contributed by atoms with Crippen molar-refractivity contribution in [2.24, 2.45) is 0 Å². The van der Waals surface area contributed by atoms with Gasteiger partial charge < -0.3 is 9.47 Å². The molecule has 4 nitrogen and oxygen atoms in total. The lowest BCUT2D eigenvalue weighted by atomic mass is 10.0. The van der Waals surface area contributed by atoms with Gasteiger partial charge in [-0.2, -0.15) is 0 Å². The van der Waals surface area contributed by atoms with Crippen molar-refractivity contribution in [3.8, 4) is 5.75 Å². The summed E-state index contributed by atoms with van der Waals surface area (Å²) in [6.45, 7) is -0.318. The van der Waals surface area contributed by atoms with Crippen LogP contribution in [0.2, 0.25) is 10.0 Å². The van der Waals surface area contributed by atoms with Crippen LogP contribution >= 0.6 is 23.2 Å². The van der Waals surface area contributed by atoms with Gasteiger partial charge >= 0.3 is 5.97 Å². The number of methoxy groups -OCH3 is 1. The van der Waals surface area contributed by atoms with Gasteiger partial charge in [-0.1, -0.05) is 47.5 Å². The van der Waals surface area contributed by atoms with Gasteiger partial charge in [-0.3, -0.25) is 9.59 Å². The molecule has 0 radical (unpaired) electrons. The number of halogens is 2. The number of carbonyl (C=O) groups is 2. The maximum absolute atomic E-state index is 12.3. The van der Waals surface area contributed by atoms with E-state index in [-0.39, 0.29) is 18.8 Å². The Bertz CT molecular complexity index is 1010. The lowest BCUT2D eigenvalue weighted by Crippen LogP contribution is -2.15. The van der Waals surface area contributed by atoms with Crippen LogP contribution in [0.15, 0.2) is 54.6 Å².